The highest BCUT2D eigenvalue weighted by molar-refractivity contribution is 5.78. The predicted octanol–water partition coefficient (Wildman–Crippen LogP) is 0.397. The van der Waals surface area contributed by atoms with Crippen molar-refractivity contribution in [2.45, 2.75) is 32.7 Å². The number of hydrogen-bond donors (Lipinski definition) is 0. The lowest BCUT2D eigenvalue weighted by Gasteiger charge is -2.33. The summed E-state index contributed by atoms with van der Waals surface area (Å²) in [5.41, 5.74) is 1.54. The summed E-state index contributed by atoms with van der Waals surface area (Å²) in [6, 6.07) is 0. The van der Waals surface area contributed by atoms with E-state index in [9.17, 15) is 9.59 Å². The van der Waals surface area contributed by atoms with Gasteiger partial charge in [0.15, 0.2) is 0 Å². The summed E-state index contributed by atoms with van der Waals surface area (Å²) in [6.07, 6.45) is 4.50. The molecule has 0 atom stereocenters. The number of piperidine rings is 1. The molecular formula is C16H24N4O2. The van der Waals surface area contributed by atoms with Gasteiger partial charge in [-0.05, 0) is 38.3 Å². The van der Waals surface area contributed by atoms with Crippen molar-refractivity contribution in [3.63, 3.8) is 0 Å². The lowest BCUT2D eigenvalue weighted by Crippen LogP contribution is -2.46. The highest BCUT2D eigenvalue weighted by Gasteiger charge is 2.26. The first kappa shape index (κ1) is 15.2. The Labute approximate surface area is 130 Å². The normalized spacial score (nSPS) is 20.0. The van der Waals surface area contributed by atoms with Crippen molar-refractivity contribution in [2.75, 3.05) is 26.2 Å². The molecule has 3 heterocycles. The monoisotopic (exact) mass is 304 g/mol. The molecule has 1 fully saturated rings. The molecule has 120 valence electrons. The molecule has 2 aliphatic rings. The number of aryl methyl sites for hydroxylation is 1. The van der Waals surface area contributed by atoms with E-state index in [-0.39, 0.29) is 11.5 Å². The standard InChI is InChI=1S/C16H24N4O2/c1-12-3-6-19(7-4-12)10-15(21)20-8-5-13-14(9-20)17-11-18(2)16(13)22/h11-12H,3-10H2,1-2H3. The summed E-state index contributed by atoms with van der Waals surface area (Å²) in [6.45, 7) is 5.87. The van der Waals surface area contributed by atoms with Crippen molar-refractivity contribution in [3.8, 4) is 0 Å². The quantitative estimate of drug-likeness (QED) is 0.793. The van der Waals surface area contributed by atoms with Gasteiger partial charge in [0.1, 0.15) is 0 Å². The third-order valence-electron chi connectivity index (χ3n) is 4.87. The SMILES string of the molecule is CC1CCN(CC(=O)N2CCc3c(ncn(C)c3=O)C2)CC1. The summed E-state index contributed by atoms with van der Waals surface area (Å²) < 4.78 is 1.51. The number of rotatable bonds is 2. The van der Waals surface area contributed by atoms with Crippen molar-refractivity contribution in [1.82, 2.24) is 19.4 Å². The molecule has 1 aromatic rings. The van der Waals surface area contributed by atoms with Gasteiger partial charge in [-0.1, -0.05) is 6.92 Å². The first-order valence-electron chi connectivity index (χ1n) is 8.08. The zero-order valence-corrected chi connectivity index (χ0v) is 13.4. The number of carbonyl (C=O) groups excluding carboxylic acids is 1. The van der Waals surface area contributed by atoms with E-state index >= 15 is 0 Å². The molecule has 0 aliphatic carbocycles. The fraction of sp³-hybridized carbons (Fsp3) is 0.688. The van der Waals surface area contributed by atoms with E-state index in [2.05, 4.69) is 16.8 Å². The molecule has 0 aromatic carbocycles. The molecule has 0 N–H and O–H groups in total. The van der Waals surface area contributed by atoms with E-state index in [1.165, 1.54) is 17.4 Å². The van der Waals surface area contributed by atoms with Gasteiger partial charge in [-0.3, -0.25) is 14.5 Å². The molecule has 1 saturated heterocycles. The Hall–Kier alpha value is -1.69. The Bertz CT molecular complexity index is 617. The molecular weight excluding hydrogens is 280 g/mol. The van der Waals surface area contributed by atoms with Crippen LogP contribution in [0.3, 0.4) is 0 Å². The van der Waals surface area contributed by atoms with Gasteiger partial charge in [0.25, 0.3) is 5.56 Å². The number of hydrogen-bond acceptors (Lipinski definition) is 4. The zero-order chi connectivity index (χ0) is 15.7. The number of likely N-dealkylation sites (tertiary alicyclic amines) is 1. The van der Waals surface area contributed by atoms with E-state index in [1.807, 2.05) is 4.90 Å². The summed E-state index contributed by atoms with van der Waals surface area (Å²) in [7, 11) is 1.71. The summed E-state index contributed by atoms with van der Waals surface area (Å²) >= 11 is 0. The average Bonchev–Trinajstić information content (AvgIpc) is 2.53. The summed E-state index contributed by atoms with van der Waals surface area (Å²) in [5.74, 6) is 0.927. The fourth-order valence-corrected chi connectivity index (χ4v) is 3.24. The van der Waals surface area contributed by atoms with Gasteiger partial charge < -0.3 is 9.47 Å². The van der Waals surface area contributed by atoms with E-state index in [4.69, 9.17) is 0 Å². The Balaban J connectivity index is 1.63. The molecule has 0 bridgehead atoms. The van der Waals surface area contributed by atoms with E-state index < -0.39 is 0 Å². The van der Waals surface area contributed by atoms with Crippen LogP contribution in [0.4, 0.5) is 0 Å². The van der Waals surface area contributed by atoms with Crippen LogP contribution in [-0.2, 0) is 24.8 Å². The van der Waals surface area contributed by atoms with Gasteiger partial charge in [0, 0.05) is 19.2 Å². The first-order valence-corrected chi connectivity index (χ1v) is 8.08. The number of fused-ring (bicyclic) bond motifs is 1. The van der Waals surface area contributed by atoms with Gasteiger partial charge in [-0.25, -0.2) is 4.98 Å². The van der Waals surface area contributed by atoms with Crippen LogP contribution in [0.2, 0.25) is 0 Å². The third-order valence-corrected chi connectivity index (χ3v) is 4.87. The number of amides is 1. The lowest BCUT2D eigenvalue weighted by atomic mass is 9.99. The van der Waals surface area contributed by atoms with Crippen LogP contribution >= 0.6 is 0 Å². The van der Waals surface area contributed by atoms with Crippen LogP contribution in [0.25, 0.3) is 0 Å². The highest BCUT2D eigenvalue weighted by atomic mass is 16.2. The average molecular weight is 304 g/mol. The molecule has 0 saturated carbocycles. The Morgan fingerprint density at radius 1 is 1.32 bits per heavy atom. The molecule has 1 aromatic heterocycles. The topological polar surface area (TPSA) is 58.4 Å². The molecule has 2 aliphatic heterocycles. The van der Waals surface area contributed by atoms with Crippen LogP contribution < -0.4 is 5.56 Å². The van der Waals surface area contributed by atoms with Crippen LogP contribution in [0.5, 0.6) is 0 Å². The highest BCUT2D eigenvalue weighted by Crippen LogP contribution is 2.17. The zero-order valence-electron chi connectivity index (χ0n) is 13.4. The van der Waals surface area contributed by atoms with E-state index in [0.29, 0.717) is 26.1 Å². The third kappa shape index (κ3) is 3.06. The van der Waals surface area contributed by atoms with Gasteiger partial charge in [-0.15, -0.1) is 0 Å². The minimum atomic E-state index is 0.0158. The van der Waals surface area contributed by atoms with Crippen molar-refractivity contribution in [1.29, 1.82) is 0 Å². The second kappa shape index (κ2) is 6.20. The Morgan fingerprint density at radius 3 is 2.77 bits per heavy atom. The molecule has 3 rings (SSSR count). The molecule has 0 spiro atoms. The smallest absolute Gasteiger partial charge is 0.256 e. The molecule has 6 heteroatoms. The second-order valence-electron chi connectivity index (χ2n) is 6.61. The maximum atomic E-state index is 12.5. The van der Waals surface area contributed by atoms with Crippen LogP contribution in [0.1, 0.15) is 31.0 Å². The second-order valence-corrected chi connectivity index (χ2v) is 6.61. The molecule has 6 nitrogen and oxygen atoms in total. The largest absolute Gasteiger partial charge is 0.335 e. The molecule has 0 unspecified atom stereocenters. The van der Waals surface area contributed by atoms with E-state index in [0.717, 1.165) is 30.3 Å². The number of carbonyl (C=O) groups is 1. The minimum Gasteiger partial charge on any atom is -0.335 e. The number of aromatic nitrogens is 2. The van der Waals surface area contributed by atoms with Gasteiger partial charge in [0.2, 0.25) is 5.91 Å². The molecule has 22 heavy (non-hydrogen) atoms. The van der Waals surface area contributed by atoms with Crippen molar-refractivity contribution in [3.05, 3.63) is 27.9 Å². The summed E-state index contributed by atoms with van der Waals surface area (Å²) in [4.78, 5) is 32.9. The van der Waals surface area contributed by atoms with Gasteiger partial charge in [0.05, 0.1) is 25.1 Å². The van der Waals surface area contributed by atoms with Crippen molar-refractivity contribution >= 4 is 5.91 Å². The minimum absolute atomic E-state index is 0.0158. The lowest BCUT2D eigenvalue weighted by molar-refractivity contribution is -0.133. The van der Waals surface area contributed by atoms with Crippen molar-refractivity contribution < 1.29 is 4.79 Å². The van der Waals surface area contributed by atoms with Gasteiger partial charge >= 0.3 is 0 Å². The van der Waals surface area contributed by atoms with Gasteiger partial charge in [-0.2, -0.15) is 0 Å². The molecule has 1 amide bonds. The maximum Gasteiger partial charge on any atom is 0.256 e. The maximum absolute atomic E-state index is 12.5. The first-order chi connectivity index (χ1) is 10.5. The van der Waals surface area contributed by atoms with E-state index in [1.54, 1.807) is 13.4 Å². The Kier molecular flexibility index (Phi) is 4.29. The van der Waals surface area contributed by atoms with Crippen LogP contribution in [0, 0.1) is 5.92 Å². The predicted molar refractivity (Wildman–Crippen MR) is 83.4 cm³/mol. The van der Waals surface area contributed by atoms with Crippen LogP contribution in [0.15, 0.2) is 11.1 Å². The summed E-state index contributed by atoms with van der Waals surface area (Å²) in [5, 5.41) is 0. The molecule has 0 radical (unpaired) electrons. The van der Waals surface area contributed by atoms with Crippen LogP contribution in [-0.4, -0.2) is 51.4 Å². The fourth-order valence-electron chi connectivity index (χ4n) is 3.24. The Morgan fingerprint density at radius 2 is 2.05 bits per heavy atom. The van der Waals surface area contributed by atoms with Crippen molar-refractivity contribution in [2.24, 2.45) is 13.0 Å². The number of nitrogens with zero attached hydrogens (tertiary/aromatic N) is 4.